The molecule has 1 aliphatic heterocycles. The van der Waals surface area contributed by atoms with E-state index in [1.54, 1.807) is 23.1 Å². The first-order valence-electron chi connectivity index (χ1n) is 7.46. The molecule has 1 amide bonds. The third kappa shape index (κ3) is 2.21. The van der Waals surface area contributed by atoms with Crippen molar-refractivity contribution in [2.24, 2.45) is 11.1 Å². The highest BCUT2D eigenvalue weighted by Crippen LogP contribution is 2.41. The number of fused-ring (bicyclic) bond motifs is 1. The van der Waals surface area contributed by atoms with Crippen LogP contribution in [0.5, 0.6) is 0 Å². The molecule has 112 valence electrons. The van der Waals surface area contributed by atoms with Crippen LogP contribution in [-0.2, 0) is 11.2 Å². The SMILES string of the molecule is NCC1(C(=O)N2CCc3cc(C(=O)O)ccc32)CCCC1. The van der Waals surface area contributed by atoms with E-state index in [2.05, 4.69) is 0 Å². The van der Waals surface area contributed by atoms with Gasteiger partial charge in [0.25, 0.3) is 0 Å². The number of anilines is 1. The van der Waals surface area contributed by atoms with Crippen LogP contribution in [0, 0.1) is 5.41 Å². The second-order valence-electron chi connectivity index (χ2n) is 6.05. The normalized spacial score (nSPS) is 19.6. The first-order valence-corrected chi connectivity index (χ1v) is 7.46. The summed E-state index contributed by atoms with van der Waals surface area (Å²) in [6.07, 6.45) is 4.55. The van der Waals surface area contributed by atoms with Crippen molar-refractivity contribution in [2.75, 3.05) is 18.0 Å². The lowest BCUT2D eigenvalue weighted by Crippen LogP contribution is -2.46. The fraction of sp³-hybridized carbons (Fsp3) is 0.500. The maximum absolute atomic E-state index is 12.9. The van der Waals surface area contributed by atoms with E-state index in [1.807, 2.05) is 0 Å². The molecular weight excluding hydrogens is 268 g/mol. The minimum absolute atomic E-state index is 0.115. The molecule has 3 N–H and O–H groups in total. The molecule has 0 unspecified atom stereocenters. The van der Waals surface area contributed by atoms with Gasteiger partial charge in [0.1, 0.15) is 0 Å². The maximum atomic E-state index is 12.9. The van der Waals surface area contributed by atoms with E-state index in [-0.39, 0.29) is 11.5 Å². The Bertz CT molecular complexity index is 591. The van der Waals surface area contributed by atoms with Gasteiger partial charge in [-0.1, -0.05) is 12.8 Å². The molecule has 1 aromatic rings. The number of hydrogen-bond donors (Lipinski definition) is 2. The predicted molar refractivity (Wildman–Crippen MR) is 79.4 cm³/mol. The van der Waals surface area contributed by atoms with Crippen molar-refractivity contribution in [1.29, 1.82) is 0 Å². The average molecular weight is 288 g/mol. The Labute approximate surface area is 123 Å². The maximum Gasteiger partial charge on any atom is 0.335 e. The third-order valence-corrected chi connectivity index (χ3v) is 4.87. The molecule has 0 saturated heterocycles. The van der Waals surface area contributed by atoms with Gasteiger partial charge in [-0.05, 0) is 43.0 Å². The van der Waals surface area contributed by atoms with Gasteiger partial charge in [0.05, 0.1) is 11.0 Å². The second-order valence-corrected chi connectivity index (χ2v) is 6.05. The smallest absolute Gasteiger partial charge is 0.335 e. The highest BCUT2D eigenvalue weighted by Gasteiger charge is 2.44. The molecule has 0 bridgehead atoms. The van der Waals surface area contributed by atoms with E-state index in [4.69, 9.17) is 10.8 Å². The van der Waals surface area contributed by atoms with E-state index in [0.29, 0.717) is 19.5 Å². The Balaban J connectivity index is 1.90. The lowest BCUT2D eigenvalue weighted by molar-refractivity contribution is -0.127. The minimum atomic E-state index is -0.934. The quantitative estimate of drug-likeness (QED) is 0.888. The molecule has 0 radical (unpaired) electrons. The summed E-state index contributed by atoms with van der Waals surface area (Å²) in [6.45, 7) is 1.02. The molecule has 0 spiro atoms. The number of hydrogen-bond acceptors (Lipinski definition) is 3. The lowest BCUT2D eigenvalue weighted by Gasteiger charge is -2.31. The van der Waals surface area contributed by atoms with Crippen LogP contribution < -0.4 is 10.6 Å². The Kier molecular flexibility index (Phi) is 3.45. The summed E-state index contributed by atoms with van der Waals surface area (Å²) in [5.74, 6) is -0.818. The van der Waals surface area contributed by atoms with Crippen LogP contribution in [0.25, 0.3) is 0 Å². The van der Waals surface area contributed by atoms with E-state index >= 15 is 0 Å². The average Bonchev–Trinajstić information content (AvgIpc) is 3.13. The first kappa shape index (κ1) is 14.1. The summed E-state index contributed by atoms with van der Waals surface area (Å²) in [6, 6.07) is 4.99. The van der Waals surface area contributed by atoms with Gasteiger partial charge in [-0.3, -0.25) is 4.79 Å². The molecule has 5 heteroatoms. The van der Waals surface area contributed by atoms with Crippen LogP contribution in [0.4, 0.5) is 5.69 Å². The first-order chi connectivity index (χ1) is 10.1. The van der Waals surface area contributed by atoms with E-state index in [9.17, 15) is 9.59 Å². The van der Waals surface area contributed by atoms with E-state index in [1.165, 1.54) is 0 Å². The number of carboxylic acids is 1. The number of carbonyl (C=O) groups is 2. The van der Waals surface area contributed by atoms with Crippen LogP contribution in [0.3, 0.4) is 0 Å². The number of nitrogens with zero attached hydrogens (tertiary/aromatic N) is 1. The molecule has 1 aliphatic carbocycles. The van der Waals surface area contributed by atoms with Gasteiger partial charge < -0.3 is 15.7 Å². The van der Waals surface area contributed by atoms with Gasteiger partial charge in [-0.25, -0.2) is 4.79 Å². The van der Waals surface area contributed by atoms with Crippen LogP contribution in [0.2, 0.25) is 0 Å². The zero-order valence-electron chi connectivity index (χ0n) is 12.0. The van der Waals surface area contributed by atoms with Crippen molar-refractivity contribution in [3.05, 3.63) is 29.3 Å². The molecular formula is C16H20N2O3. The van der Waals surface area contributed by atoms with E-state index in [0.717, 1.165) is 36.9 Å². The summed E-state index contributed by atoms with van der Waals surface area (Å²) in [7, 11) is 0. The largest absolute Gasteiger partial charge is 0.478 e. The molecule has 0 atom stereocenters. The van der Waals surface area contributed by atoms with Crippen molar-refractivity contribution in [1.82, 2.24) is 0 Å². The molecule has 5 nitrogen and oxygen atoms in total. The monoisotopic (exact) mass is 288 g/mol. The topological polar surface area (TPSA) is 83.6 Å². The van der Waals surface area contributed by atoms with Crippen molar-refractivity contribution < 1.29 is 14.7 Å². The van der Waals surface area contributed by atoms with Gasteiger partial charge in [-0.2, -0.15) is 0 Å². The fourth-order valence-corrected chi connectivity index (χ4v) is 3.59. The second kappa shape index (κ2) is 5.15. The minimum Gasteiger partial charge on any atom is -0.478 e. The number of carboxylic acid groups (broad SMARTS) is 1. The van der Waals surface area contributed by atoms with Gasteiger partial charge >= 0.3 is 5.97 Å². The molecule has 2 aliphatic rings. The fourth-order valence-electron chi connectivity index (χ4n) is 3.59. The highest BCUT2D eigenvalue weighted by molar-refractivity contribution is 6.00. The molecule has 21 heavy (non-hydrogen) atoms. The molecule has 0 aromatic heterocycles. The standard InChI is InChI=1S/C16H20N2O3/c17-10-16(6-1-2-7-16)15(21)18-8-5-11-9-12(14(19)20)3-4-13(11)18/h3-4,9H,1-2,5-8,10,17H2,(H,19,20). The predicted octanol–water partition coefficient (Wildman–Crippen LogP) is 1.79. The van der Waals surface area contributed by atoms with Crippen LogP contribution in [0.15, 0.2) is 18.2 Å². The van der Waals surface area contributed by atoms with Crippen LogP contribution >= 0.6 is 0 Å². The zero-order valence-corrected chi connectivity index (χ0v) is 12.0. The van der Waals surface area contributed by atoms with Gasteiger partial charge in [0, 0.05) is 18.8 Å². The molecule has 1 saturated carbocycles. The zero-order chi connectivity index (χ0) is 15.0. The van der Waals surface area contributed by atoms with Crippen molar-refractivity contribution >= 4 is 17.6 Å². The van der Waals surface area contributed by atoms with Crippen LogP contribution in [0.1, 0.15) is 41.6 Å². The molecule has 3 rings (SSSR count). The lowest BCUT2D eigenvalue weighted by atomic mass is 9.84. The van der Waals surface area contributed by atoms with Gasteiger partial charge in [-0.15, -0.1) is 0 Å². The van der Waals surface area contributed by atoms with Crippen LogP contribution in [-0.4, -0.2) is 30.1 Å². The molecule has 1 heterocycles. The highest BCUT2D eigenvalue weighted by atomic mass is 16.4. The number of rotatable bonds is 3. The molecule has 1 fully saturated rings. The van der Waals surface area contributed by atoms with Crippen molar-refractivity contribution in [3.8, 4) is 0 Å². The number of aromatic carboxylic acids is 1. The Hall–Kier alpha value is -1.88. The molecule has 1 aromatic carbocycles. The Morgan fingerprint density at radius 2 is 2.00 bits per heavy atom. The Morgan fingerprint density at radius 3 is 2.62 bits per heavy atom. The summed E-state index contributed by atoms with van der Waals surface area (Å²) in [5, 5.41) is 9.05. The summed E-state index contributed by atoms with van der Waals surface area (Å²) < 4.78 is 0. The summed E-state index contributed by atoms with van der Waals surface area (Å²) in [5.41, 5.74) is 7.55. The van der Waals surface area contributed by atoms with Crippen molar-refractivity contribution in [2.45, 2.75) is 32.1 Å². The van der Waals surface area contributed by atoms with Gasteiger partial charge in [0.15, 0.2) is 0 Å². The number of amides is 1. The third-order valence-electron chi connectivity index (χ3n) is 4.87. The summed E-state index contributed by atoms with van der Waals surface area (Å²) >= 11 is 0. The Morgan fingerprint density at radius 1 is 1.29 bits per heavy atom. The summed E-state index contributed by atoms with van der Waals surface area (Å²) in [4.78, 5) is 25.7. The number of nitrogens with two attached hydrogens (primary N) is 1. The number of benzene rings is 1. The van der Waals surface area contributed by atoms with Crippen molar-refractivity contribution in [3.63, 3.8) is 0 Å². The van der Waals surface area contributed by atoms with E-state index < -0.39 is 11.4 Å². The number of carbonyl (C=O) groups excluding carboxylic acids is 1. The van der Waals surface area contributed by atoms with Gasteiger partial charge in [0.2, 0.25) is 5.91 Å².